The zero-order chi connectivity index (χ0) is 25.3. The Labute approximate surface area is 208 Å². The van der Waals surface area contributed by atoms with E-state index < -0.39 is 10.0 Å². The van der Waals surface area contributed by atoms with E-state index in [1.54, 1.807) is 41.0 Å². The minimum absolute atomic E-state index is 0.0227. The number of rotatable bonds is 7. The van der Waals surface area contributed by atoms with Crippen LogP contribution in [0.15, 0.2) is 65.5 Å². The van der Waals surface area contributed by atoms with Gasteiger partial charge in [-0.3, -0.25) is 18.5 Å². The van der Waals surface area contributed by atoms with Crippen molar-refractivity contribution in [2.45, 2.75) is 33.9 Å². The Bertz CT molecular complexity index is 1550. The minimum atomic E-state index is -3.51. The van der Waals surface area contributed by atoms with Gasteiger partial charge in [0.05, 0.1) is 28.7 Å². The van der Waals surface area contributed by atoms with Gasteiger partial charge in [0.2, 0.25) is 10.0 Å². The van der Waals surface area contributed by atoms with Crippen LogP contribution in [-0.4, -0.2) is 25.1 Å². The SMILES string of the molecule is CCn1c(=O)sc2cc(NC(=O)c3ccc(CN(c4cc(C)cc(C)c4)S(C)(=O)=O)cc3)ccc21. The number of hydrogen-bond acceptors (Lipinski definition) is 5. The van der Waals surface area contributed by atoms with Crippen molar-refractivity contribution < 1.29 is 13.2 Å². The largest absolute Gasteiger partial charge is 0.322 e. The van der Waals surface area contributed by atoms with Gasteiger partial charge in [0.1, 0.15) is 0 Å². The molecule has 0 unspecified atom stereocenters. The van der Waals surface area contributed by atoms with Crippen LogP contribution in [0.25, 0.3) is 10.2 Å². The summed E-state index contributed by atoms with van der Waals surface area (Å²) in [7, 11) is -3.51. The highest BCUT2D eigenvalue weighted by Crippen LogP contribution is 2.25. The molecule has 1 amide bonds. The Hall–Kier alpha value is -3.43. The molecule has 0 aliphatic heterocycles. The molecule has 1 N–H and O–H groups in total. The first-order chi connectivity index (χ1) is 16.5. The topological polar surface area (TPSA) is 88.5 Å². The lowest BCUT2D eigenvalue weighted by Gasteiger charge is -2.23. The summed E-state index contributed by atoms with van der Waals surface area (Å²) >= 11 is 1.15. The molecule has 4 rings (SSSR count). The smallest absolute Gasteiger partial charge is 0.308 e. The number of benzene rings is 3. The first kappa shape index (κ1) is 24.7. The molecule has 4 aromatic rings. The summed E-state index contributed by atoms with van der Waals surface area (Å²) in [6.07, 6.45) is 1.19. The maximum Gasteiger partial charge on any atom is 0.308 e. The Balaban J connectivity index is 1.52. The van der Waals surface area contributed by atoms with E-state index in [1.165, 1.54) is 10.6 Å². The molecule has 1 heterocycles. The molecular weight excluding hydrogens is 482 g/mol. The highest BCUT2D eigenvalue weighted by molar-refractivity contribution is 7.92. The second-order valence-electron chi connectivity index (χ2n) is 8.56. The molecular formula is C26H27N3O4S2. The van der Waals surface area contributed by atoms with Gasteiger partial charge in [-0.1, -0.05) is 29.5 Å². The second-order valence-corrected chi connectivity index (χ2v) is 11.5. The summed E-state index contributed by atoms with van der Waals surface area (Å²) in [4.78, 5) is 24.8. The number of anilines is 2. The van der Waals surface area contributed by atoms with E-state index >= 15 is 0 Å². The predicted octanol–water partition coefficient (Wildman–Crippen LogP) is 4.92. The van der Waals surface area contributed by atoms with Crippen LogP contribution >= 0.6 is 11.3 Å². The zero-order valence-corrected chi connectivity index (χ0v) is 21.7. The molecule has 1 aromatic heterocycles. The van der Waals surface area contributed by atoms with E-state index in [9.17, 15) is 18.0 Å². The summed E-state index contributed by atoms with van der Waals surface area (Å²) in [6.45, 7) is 6.54. The van der Waals surface area contributed by atoms with Crippen LogP contribution in [0.1, 0.15) is 34.0 Å². The molecule has 35 heavy (non-hydrogen) atoms. The molecule has 7 nitrogen and oxygen atoms in total. The van der Waals surface area contributed by atoms with Gasteiger partial charge < -0.3 is 5.32 Å². The highest BCUT2D eigenvalue weighted by Gasteiger charge is 2.19. The van der Waals surface area contributed by atoms with Gasteiger partial charge in [0.15, 0.2) is 0 Å². The van der Waals surface area contributed by atoms with Crippen LogP contribution in [0.5, 0.6) is 0 Å². The number of amides is 1. The molecule has 0 aliphatic carbocycles. The average molecular weight is 510 g/mol. The molecule has 0 bridgehead atoms. The molecule has 9 heteroatoms. The van der Waals surface area contributed by atoms with Crippen molar-refractivity contribution >= 4 is 48.9 Å². The van der Waals surface area contributed by atoms with Gasteiger partial charge in [-0.15, -0.1) is 0 Å². The Morgan fingerprint density at radius 2 is 1.66 bits per heavy atom. The lowest BCUT2D eigenvalue weighted by atomic mass is 10.1. The lowest BCUT2D eigenvalue weighted by Crippen LogP contribution is -2.29. The summed E-state index contributed by atoms with van der Waals surface area (Å²) in [6, 6.07) is 18.0. The molecule has 0 saturated heterocycles. The lowest BCUT2D eigenvalue weighted by molar-refractivity contribution is 0.102. The third-order valence-electron chi connectivity index (χ3n) is 5.68. The van der Waals surface area contributed by atoms with Crippen LogP contribution in [0, 0.1) is 13.8 Å². The van der Waals surface area contributed by atoms with E-state index in [0.717, 1.165) is 38.2 Å². The van der Waals surface area contributed by atoms with Crippen LogP contribution in [-0.2, 0) is 23.1 Å². The fourth-order valence-electron chi connectivity index (χ4n) is 4.07. The molecule has 0 saturated carbocycles. The Morgan fingerprint density at radius 3 is 2.26 bits per heavy atom. The number of carbonyl (C=O) groups is 1. The first-order valence-electron chi connectivity index (χ1n) is 11.1. The summed E-state index contributed by atoms with van der Waals surface area (Å²) in [5.74, 6) is -0.285. The monoisotopic (exact) mass is 509 g/mol. The van der Waals surface area contributed by atoms with Crippen LogP contribution in [0.4, 0.5) is 11.4 Å². The number of carbonyl (C=O) groups excluding carboxylic acids is 1. The minimum Gasteiger partial charge on any atom is -0.322 e. The Morgan fingerprint density at radius 1 is 1.00 bits per heavy atom. The van der Waals surface area contributed by atoms with Crippen molar-refractivity contribution in [3.8, 4) is 0 Å². The quantitative estimate of drug-likeness (QED) is 0.383. The van der Waals surface area contributed by atoms with Gasteiger partial charge in [0, 0.05) is 17.8 Å². The Kier molecular flexibility index (Phi) is 6.82. The summed E-state index contributed by atoms with van der Waals surface area (Å²) in [5.41, 5.74) is 5.25. The second kappa shape index (κ2) is 9.67. The van der Waals surface area contributed by atoms with E-state index in [1.807, 2.05) is 45.0 Å². The van der Waals surface area contributed by atoms with Crippen molar-refractivity contribution in [3.05, 3.63) is 92.6 Å². The predicted molar refractivity (Wildman–Crippen MR) is 143 cm³/mol. The molecule has 3 aromatic carbocycles. The molecule has 0 fully saturated rings. The number of fused-ring (bicyclic) bond motifs is 1. The van der Waals surface area contributed by atoms with Crippen molar-refractivity contribution in [2.75, 3.05) is 15.9 Å². The van der Waals surface area contributed by atoms with E-state index in [2.05, 4.69) is 5.32 Å². The van der Waals surface area contributed by atoms with Gasteiger partial charge >= 0.3 is 4.87 Å². The van der Waals surface area contributed by atoms with E-state index in [0.29, 0.717) is 23.5 Å². The van der Waals surface area contributed by atoms with E-state index in [-0.39, 0.29) is 17.3 Å². The van der Waals surface area contributed by atoms with Gasteiger partial charge in [-0.25, -0.2) is 8.42 Å². The third kappa shape index (κ3) is 5.47. The summed E-state index contributed by atoms with van der Waals surface area (Å²) < 4.78 is 28.9. The van der Waals surface area contributed by atoms with E-state index in [4.69, 9.17) is 0 Å². The van der Waals surface area contributed by atoms with Crippen molar-refractivity contribution in [3.63, 3.8) is 0 Å². The first-order valence-corrected chi connectivity index (χ1v) is 13.8. The zero-order valence-electron chi connectivity index (χ0n) is 20.0. The maximum absolute atomic E-state index is 12.8. The average Bonchev–Trinajstić information content (AvgIpc) is 3.10. The summed E-state index contributed by atoms with van der Waals surface area (Å²) in [5, 5.41) is 2.87. The number of nitrogens with one attached hydrogen (secondary N) is 1. The molecule has 0 aliphatic rings. The fourth-order valence-corrected chi connectivity index (χ4v) is 5.94. The van der Waals surface area contributed by atoms with Crippen LogP contribution in [0.2, 0.25) is 0 Å². The fraction of sp³-hybridized carbons (Fsp3) is 0.231. The number of hydrogen-bond donors (Lipinski definition) is 1. The maximum atomic E-state index is 12.8. The molecule has 0 radical (unpaired) electrons. The number of nitrogens with zero attached hydrogens (tertiary/aromatic N) is 2. The number of aromatic nitrogens is 1. The number of sulfonamides is 1. The third-order valence-corrected chi connectivity index (χ3v) is 7.76. The molecule has 0 spiro atoms. The highest BCUT2D eigenvalue weighted by atomic mass is 32.2. The normalized spacial score (nSPS) is 11.5. The van der Waals surface area contributed by atoms with Crippen molar-refractivity contribution in [2.24, 2.45) is 0 Å². The van der Waals surface area contributed by atoms with Gasteiger partial charge in [-0.2, -0.15) is 0 Å². The number of aryl methyl sites for hydroxylation is 3. The van der Waals surface area contributed by atoms with Gasteiger partial charge in [-0.05, 0) is 79.9 Å². The van der Waals surface area contributed by atoms with Gasteiger partial charge in [0.25, 0.3) is 5.91 Å². The molecule has 182 valence electrons. The van der Waals surface area contributed by atoms with Crippen LogP contribution < -0.4 is 14.5 Å². The molecule has 0 atom stereocenters. The van der Waals surface area contributed by atoms with Crippen molar-refractivity contribution in [1.29, 1.82) is 0 Å². The van der Waals surface area contributed by atoms with Crippen LogP contribution in [0.3, 0.4) is 0 Å². The standard InChI is InChI=1S/C26H27N3O4S2/c1-5-28-23-11-10-21(15-24(23)34-26(28)31)27-25(30)20-8-6-19(7-9-20)16-29(35(4,32)33)22-13-17(2)12-18(3)14-22/h6-15H,5,16H2,1-4H3,(H,27,30). The number of thiazole rings is 1. The van der Waals surface area contributed by atoms with Crippen molar-refractivity contribution in [1.82, 2.24) is 4.57 Å².